The zero-order valence-corrected chi connectivity index (χ0v) is 18.1. The second kappa shape index (κ2) is 10.8. The van der Waals surface area contributed by atoms with Crippen LogP contribution < -0.4 is 16.0 Å². The molecule has 1 aromatic carbocycles. The molecule has 0 spiro atoms. The lowest BCUT2D eigenvalue weighted by atomic mass is 9.99. The number of benzene rings is 1. The van der Waals surface area contributed by atoms with Crippen molar-refractivity contribution in [1.82, 2.24) is 16.0 Å². The number of hydrogen-bond acceptors (Lipinski definition) is 5. The summed E-state index contributed by atoms with van der Waals surface area (Å²) >= 11 is 5.82. The molecule has 3 N–H and O–H groups in total. The van der Waals surface area contributed by atoms with E-state index in [1.807, 2.05) is 6.92 Å². The second-order valence-corrected chi connectivity index (χ2v) is 8.14. The van der Waals surface area contributed by atoms with Gasteiger partial charge < -0.3 is 15.4 Å². The molecule has 160 valence electrons. The molecule has 9 heteroatoms. The number of hydrogen-bond donors (Lipinski definition) is 3. The smallest absolute Gasteiger partial charge is 0.329 e. The highest BCUT2D eigenvalue weighted by Crippen LogP contribution is 2.13. The van der Waals surface area contributed by atoms with Crippen molar-refractivity contribution in [3.63, 3.8) is 0 Å². The molecule has 4 amide bonds. The van der Waals surface area contributed by atoms with Gasteiger partial charge in [0.1, 0.15) is 6.04 Å². The normalized spacial score (nSPS) is 13.0. The van der Waals surface area contributed by atoms with E-state index in [9.17, 15) is 19.2 Å². The van der Waals surface area contributed by atoms with Gasteiger partial charge in [-0.25, -0.2) is 9.59 Å². The van der Waals surface area contributed by atoms with Gasteiger partial charge in [-0.3, -0.25) is 14.9 Å². The van der Waals surface area contributed by atoms with Gasteiger partial charge in [0, 0.05) is 16.1 Å². The van der Waals surface area contributed by atoms with Crippen LogP contribution in [0.25, 0.3) is 0 Å². The standard InChI is InChI=1S/C20H28ClN3O5/c1-6-12(2)16(23-17(26)13-7-9-14(21)10-8-13)18(27)29-11-15(25)22-19(28)24-20(3,4)5/h7-10,12,16H,6,11H2,1-5H3,(H,23,26)(H2,22,24,25,28)/t12-,16-/m0/s1. The third-order valence-electron chi connectivity index (χ3n) is 3.95. The Morgan fingerprint density at radius 3 is 2.21 bits per heavy atom. The van der Waals surface area contributed by atoms with E-state index in [2.05, 4.69) is 16.0 Å². The molecule has 0 bridgehead atoms. The molecule has 0 heterocycles. The van der Waals surface area contributed by atoms with E-state index in [0.717, 1.165) is 0 Å². The maximum absolute atomic E-state index is 12.4. The third kappa shape index (κ3) is 8.95. The van der Waals surface area contributed by atoms with Crippen LogP contribution >= 0.6 is 11.6 Å². The first-order valence-corrected chi connectivity index (χ1v) is 9.65. The summed E-state index contributed by atoms with van der Waals surface area (Å²) in [5, 5.41) is 7.76. The molecule has 0 aliphatic heterocycles. The fraction of sp³-hybridized carbons (Fsp3) is 0.500. The zero-order chi connectivity index (χ0) is 22.2. The maximum Gasteiger partial charge on any atom is 0.329 e. The van der Waals surface area contributed by atoms with Gasteiger partial charge in [-0.05, 0) is 51.0 Å². The van der Waals surface area contributed by atoms with E-state index in [1.165, 1.54) is 12.1 Å². The maximum atomic E-state index is 12.4. The van der Waals surface area contributed by atoms with Gasteiger partial charge in [-0.15, -0.1) is 0 Å². The summed E-state index contributed by atoms with van der Waals surface area (Å²) in [6.45, 7) is 8.29. The van der Waals surface area contributed by atoms with E-state index in [-0.39, 0.29) is 5.92 Å². The Morgan fingerprint density at radius 2 is 1.69 bits per heavy atom. The first-order valence-electron chi connectivity index (χ1n) is 9.28. The molecule has 1 rings (SSSR count). The summed E-state index contributed by atoms with van der Waals surface area (Å²) in [6, 6.07) is 4.59. The number of nitrogens with one attached hydrogen (secondary N) is 3. The first kappa shape index (κ1) is 24.4. The molecular formula is C20H28ClN3O5. The molecule has 0 saturated carbocycles. The highest BCUT2D eigenvalue weighted by atomic mass is 35.5. The molecule has 1 aromatic rings. The van der Waals surface area contributed by atoms with Gasteiger partial charge in [0.2, 0.25) is 0 Å². The number of rotatable bonds is 7. The van der Waals surface area contributed by atoms with Gasteiger partial charge in [-0.2, -0.15) is 0 Å². The van der Waals surface area contributed by atoms with Gasteiger partial charge in [-0.1, -0.05) is 31.9 Å². The Balaban J connectivity index is 2.67. The number of carbonyl (C=O) groups excluding carboxylic acids is 4. The molecule has 2 atom stereocenters. The number of imide groups is 1. The molecule has 0 radical (unpaired) electrons. The Hall–Kier alpha value is -2.61. The van der Waals surface area contributed by atoms with Crippen LogP contribution in [0.3, 0.4) is 0 Å². The minimum absolute atomic E-state index is 0.231. The molecule has 0 aliphatic rings. The zero-order valence-electron chi connectivity index (χ0n) is 17.3. The topological polar surface area (TPSA) is 114 Å². The van der Waals surface area contributed by atoms with Crippen molar-refractivity contribution in [2.75, 3.05) is 6.61 Å². The number of urea groups is 1. The van der Waals surface area contributed by atoms with Crippen LogP contribution in [0.2, 0.25) is 5.02 Å². The number of ether oxygens (including phenoxy) is 1. The molecule has 0 saturated heterocycles. The van der Waals surface area contributed by atoms with Crippen LogP contribution in [-0.2, 0) is 14.3 Å². The Kier molecular flexibility index (Phi) is 9.10. The van der Waals surface area contributed by atoms with Crippen molar-refractivity contribution in [2.45, 2.75) is 52.6 Å². The van der Waals surface area contributed by atoms with E-state index < -0.39 is 42.0 Å². The molecule has 0 unspecified atom stereocenters. The fourth-order valence-corrected chi connectivity index (χ4v) is 2.38. The summed E-state index contributed by atoms with van der Waals surface area (Å²) in [6.07, 6.45) is 0.598. The van der Waals surface area contributed by atoms with E-state index in [1.54, 1.807) is 39.8 Å². The van der Waals surface area contributed by atoms with Crippen LogP contribution in [0.1, 0.15) is 51.4 Å². The lowest BCUT2D eigenvalue weighted by molar-refractivity contribution is -0.151. The van der Waals surface area contributed by atoms with Gasteiger partial charge in [0.25, 0.3) is 11.8 Å². The molecule has 0 aromatic heterocycles. The van der Waals surface area contributed by atoms with Crippen LogP contribution in [0.4, 0.5) is 4.79 Å². The van der Waals surface area contributed by atoms with E-state index in [4.69, 9.17) is 16.3 Å². The van der Waals surface area contributed by atoms with Crippen LogP contribution in [0.15, 0.2) is 24.3 Å². The predicted octanol–water partition coefficient (Wildman–Crippen LogP) is 2.65. The molecular weight excluding hydrogens is 398 g/mol. The van der Waals surface area contributed by atoms with Crippen molar-refractivity contribution < 1.29 is 23.9 Å². The molecule has 0 fully saturated rings. The summed E-state index contributed by atoms with van der Waals surface area (Å²) in [5.41, 5.74) is -0.179. The Labute approximate surface area is 175 Å². The van der Waals surface area contributed by atoms with Crippen molar-refractivity contribution in [3.05, 3.63) is 34.9 Å². The summed E-state index contributed by atoms with van der Waals surface area (Å²) < 4.78 is 5.01. The average Bonchev–Trinajstić information content (AvgIpc) is 2.62. The van der Waals surface area contributed by atoms with Gasteiger partial charge in [0.05, 0.1) is 0 Å². The quantitative estimate of drug-likeness (QED) is 0.581. The van der Waals surface area contributed by atoms with Crippen molar-refractivity contribution in [2.24, 2.45) is 5.92 Å². The van der Waals surface area contributed by atoms with Crippen molar-refractivity contribution in [3.8, 4) is 0 Å². The van der Waals surface area contributed by atoms with Crippen LogP contribution in [0, 0.1) is 5.92 Å². The van der Waals surface area contributed by atoms with Gasteiger partial charge in [0.15, 0.2) is 6.61 Å². The average molecular weight is 426 g/mol. The lowest BCUT2D eigenvalue weighted by Gasteiger charge is -2.23. The molecule has 29 heavy (non-hydrogen) atoms. The Morgan fingerprint density at radius 1 is 1.10 bits per heavy atom. The lowest BCUT2D eigenvalue weighted by Crippen LogP contribution is -2.50. The summed E-state index contributed by atoms with van der Waals surface area (Å²) in [7, 11) is 0. The second-order valence-electron chi connectivity index (χ2n) is 7.70. The van der Waals surface area contributed by atoms with Gasteiger partial charge >= 0.3 is 12.0 Å². The summed E-state index contributed by atoms with van der Waals surface area (Å²) in [5.74, 6) is -2.22. The molecule has 8 nitrogen and oxygen atoms in total. The van der Waals surface area contributed by atoms with Crippen molar-refractivity contribution in [1.29, 1.82) is 0 Å². The van der Waals surface area contributed by atoms with E-state index >= 15 is 0 Å². The fourth-order valence-electron chi connectivity index (χ4n) is 2.26. The minimum Gasteiger partial charge on any atom is -0.454 e. The number of halogens is 1. The first-order chi connectivity index (χ1) is 13.4. The van der Waals surface area contributed by atoms with Crippen LogP contribution in [-0.4, -0.2) is 42.0 Å². The van der Waals surface area contributed by atoms with Crippen LogP contribution in [0.5, 0.6) is 0 Å². The Bertz CT molecular complexity index is 743. The third-order valence-corrected chi connectivity index (χ3v) is 4.20. The number of amides is 4. The number of esters is 1. The summed E-state index contributed by atoms with van der Waals surface area (Å²) in [4.78, 5) is 48.4. The molecule has 0 aliphatic carbocycles. The monoisotopic (exact) mass is 425 g/mol. The highest BCUT2D eigenvalue weighted by molar-refractivity contribution is 6.30. The predicted molar refractivity (Wildman–Crippen MR) is 110 cm³/mol. The van der Waals surface area contributed by atoms with Crippen molar-refractivity contribution >= 4 is 35.4 Å². The largest absolute Gasteiger partial charge is 0.454 e. The highest BCUT2D eigenvalue weighted by Gasteiger charge is 2.28. The minimum atomic E-state index is -0.945. The number of carbonyl (C=O) groups is 4. The van der Waals surface area contributed by atoms with E-state index in [0.29, 0.717) is 17.0 Å². The SMILES string of the molecule is CC[C@H](C)[C@H](NC(=O)c1ccc(Cl)cc1)C(=O)OCC(=O)NC(=O)NC(C)(C)C.